The fourth-order valence-electron chi connectivity index (χ4n) is 1.64. The Morgan fingerprint density at radius 2 is 1.35 bits per heavy atom. The summed E-state index contributed by atoms with van der Waals surface area (Å²) < 4.78 is 5.38. The summed E-state index contributed by atoms with van der Waals surface area (Å²) >= 11 is 0. The van der Waals surface area contributed by atoms with Crippen molar-refractivity contribution in [2.45, 2.75) is 0 Å². The second-order valence-corrected chi connectivity index (χ2v) is 4.69. The molecule has 1 aromatic carbocycles. The zero-order valence-corrected chi connectivity index (χ0v) is 13.0. The third kappa shape index (κ3) is 5.59. The highest BCUT2D eigenvalue weighted by Crippen LogP contribution is 2.20. The third-order valence-corrected chi connectivity index (χ3v) is 2.72. The highest BCUT2D eigenvalue weighted by Gasteiger charge is 2.11. The molecule has 0 atom stereocenters. The van der Waals surface area contributed by atoms with Gasteiger partial charge in [-0.3, -0.25) is 9.59 Å². The lowest BCUT2D eigenvalue weighted by Crippen LogP contribution is -2.18. The van der Waals surface area contributed by atoms with Gasteiger partial charge < -0.3 is 30.7 Å². The van der Waals surface area contributed by atoms with Crippen LogP contribution in [0.25, 0.3) is 0 Å². The van der Waals surface area contributed by atoms with Gasteiger partial charge >= 0.3 is 23.9 Å². The summed E-state index contributed by atoms with van der Waals surface area (Å²) in [5.41, 5.74) is 0.0561. The van der Waals surface area contributed by atoms with Gasteiger partial charge in [-0.25, -0.2) is 4.79 Å². The molecule has 0 spiro atoms. The summed E-state index contributed by atoms with van der Waals surface area (Å²) in [6.45, 7) is -0.954. The van der Waals surface area contributed by atoms with E-state index < -0.39 is 31.0 Å². The van der Waals surface area contributed by atoms with E-state index >= 15 is 0 Å². The van der Waals surface area contributed by atoms with E-state index in [4.69, 9.17) is 20.1 Å². The number of anilines is 2. The number of aliphatic carboxylic acids is 2. The van der Waals surface area contributed by atoms with Gasteiger partial charge in [0.05, 0.1) is 5.56 Å². The SMILES string of the molecule is O=C(O)CNc1nc(NCC(=O)O)nc(Oc2ccc(C(=O)O)cc2)n1. The number of carbonyl (C=O) groups is 3. The van der Waals surface area contributed by atoms with Gasteiger partial charge in [-0.15, -0.1) is 0 Å². The highest BCUT2D eigenvalue weighted by atomic mass is 16.5. The van der Waals surface area contributed by atoms with Crippen LogP contribution in [-0.4, -0.2) is 61.3 Å². The largest absolute Gasteiger partial charge is 0.480 e. The lowest BCUT2D eigenvalue weighted by Gasteiger charge is -2.09. The average molecular weight is 363 g/mol. The number of benzene rings is 1. The number of aromatic nitrogens is 3. The maximum absolute atomic E-state index is 10.8. The molecule has 26 heavy (non-hydrogen) atoms. The topological polar surface area (TPSA) is 184 Å². The number of carboxylic acids is 3. The van der Waals surface area contributed by atoms with Crippen LogP contribution >= 0.6 is 0 Å². The Labute approximate surface area is 145 Å². The molecule has 1 aromatic heterocycles. The standard InChI is InChI=1S/C14H13N5O7/c20-9(21)5-15-12-17-13(16-6-10(22)23)19-14(18-12)26-8-3-1-7(2-4-8)11(24)25/h1-4H,5-6H2,(H,20,21)(H,22,23)(H,24,25)(H2,15,16,17,18,19). The minimum absolute atomic E-state index is 0.0561. The lowest BCUT2D eigenvalue weighted by molar-refractivity contribution is -0.135. The third-order valence-electron chi connectivity index (χ3n) is 2.72. The molecule has 0 bridgehead atoms. The molecule has 1 heterocycles. The molecule has 0 fully saturated rings. The Bertz CT molecular complexity index is 789. The predicted octanol–water partition coefficient (Wildman–Crippen LogP) is 0.355. The molecular weight excluding hydrogens is 350 g/mol. The van der Waals surface area contributed by atoms with Crippen LogP contribution in [0, 0.1) is 0 Å². The van der Waals surface area contributed by atoms with Crippen molar-refractivity contribution in [2.24, 2.45) is 0 Å². The van der Waals surface area contributed by atoms with Crippen LogP contribution in [0.2, 0.25) is 0 Å². The van der Waals surface area contributed by atoms with Crippen molar-refractivity contribution in [3.8, 4) is 11.8 Å². The summed E-state index contributed by atoms with van der Waals surface area (Å²) in [6, 6.07) is 5.13. The second-order valence-electron chi connectivity index (χ2n) is 4.69. The first-order valence-electron chi connectivity index (χ1n) is 7.02. The Hall–Kier alpha value is -3.96. The molecule has 2 aromatic rings. The highest BCUT2D eigenvalue weighted by molar-refractivity contribution is 5.87. The smallest absolute Gasteiger partial charge is 0.335 e. The minimum atomic E-state index is -1.16. The van der Waals surface area contributed by atoms with E-state index in [9.17, 15) is 14.4 Å². The molecule has 0 aliphatic heterocycles. The first-order chi connectivity index (χ1) is 12.3. The molecular formula is C14H13N5O7. The zero-order chi connectivity index (χ0) is 19.1. The molecule has 136 valence electrons. The van der Waals surface area contributed by atoms with E-state index in [2.05, 4.69) is 25.6 Å². The van der Waals surface area contributed by atoms with Crippen molar-refractivity contribution in [1.82, 2.24) is 15.0 Å². The fourth-order valence-corrected chi connectivity index (χ4v) is 1.64. The van der Waals surface area contributed by atoms with Crippen LogP contribution in [0.3, 0.4) is 0 Å². The van der Waals surface area contributed by atoms with Crippen molar-refractivity contribution < 1.29 is 34.4 Å². The normalized spacial score (nSPS) is 10.0. The molecule has 2 rings (SSSR count). The van der Waals surface area contributed by atoms with Crippen LogP contribution < -0.4 is 15.4 Å². The monoisotopic (exact) mass is 363 g/mol. The summed E-state index contributed by atoms with van der Waals surface area (Å²) in [5, 5.41) is 31.1. The van der Waals surface area contributed by atoms with Gasteiger partial charge in [0.15, 0.2) is 0 Å². The number of hydrogen-bond donors (Lipinski definition) is 5. The first-order valence-corrected chi connectivity index (χ1v) is 7.02. The molecule has 12 nitrogen and oxygen atoms in total. The first kappa shape index (κ1) is 18.4. The number of nitrogens with one attached hydrogen (secondary N) is 2. The quantitative estimate of drug-likeness (QED) is 0.412. The molecule has 0 saturated carbocycles. The molecule has 12 heteroatoms. The molecule has 0 amide bonds. The molecule has 0 aliphatic carbocycles. The zero-order valence-electron chi connectivity index (χ0n) is 13.0. The van der Waals surface area contributed by atoms with Crippen LogP contribution in [0.4, 0.5) is 11.9 Å². The van der Waals surface area contributed by atoms with E-state index in [0.29, 0.717) is 0 Å². The molecule has 0 aliphatic rings. The van der Waals surface area contributed by atoms with Gasteiger partial charge in [-0.1, -0.05) is 0 Å². The number of carboxylic acid groups (broad SMARTS) is 3. The van der Waals surface area contributed by atoms with E-state index in [1.807, 2.05) is 0 Å². The van der Waals surface area contributed by atoms with Crippen LogP contribution in [0.5, 0.6) is 11.8 Å². The average Bonchev–Trinajstić information content (AvgIpc) is 2.58. The van der Waals surface area contributed by atoms with Crippen LogP contribution in [0.1, 0.15) is 10.4 Å². The van der Waals surface area contributed by atoms with Crippen molar-refractivity contribution in [1.29, 1.82) is 0 Å². The Kier molecular flexibility index (Phi) is 5.82. The van der Waals surface area contributed by atoms with Gasteiger partial charge in [-0.05, 0) is 24.3 Å². The van der Waals surface area contributed by atoms with Gasteiger partial charge in [-0.2, -0.15) is 15.0 Å². The van der Waals surface area contributed by atoms with Crippen molar-refractivity contribution >= 4 is 29.8 Å². The Morgan fingerprint density at radius 1 is 0.846 bits per heavy atom. The minimum Gasteiger partial charge on any atom is -0.480 e. The van der Waals surface area contributed by atoms with Crippen molar-refractivity contribution in [3.05, 3.63) is 29.8 Å². The van der Waals surface area contributed by atoms with Crippen LogP contribution in [0.15, 0.2) is 24.3 Å². The number of hydrogen-bond acceptors (Lipinski definition) is 9. The maximum atomic E-state index is 10.8. The van der Waals surface area contributed by atoms with E-state index in [1.54, 1.807) is 0 Å². The van der Waals surface area contributed by atoms with Crippen molar-refractivity contribution in [3.63, 3.8) is 0 Å². The molecule has 0 unspecified atom stereocenters. The fraction of sp³-hybridized carbons (Fsp3) is 0.143. The molecule has 5 N–H and O–H groups in total. The lowest BCUT2D eigenvalue weighted by atomic mass is 10.2. The van der Waals surface area contributed by atoms with Crippen molar-refractivity contribution in [2.75, 3.05) is 23.7 Å². The maximum Gasteiger partial charge on any atom is 0.335 e. The number of nitrogens with zero attached hydrogens (tertiary/aromatic N) is 3. The van der Waals surface area contributed by atoms with E-state index in [-0.39, 0.29) is 29.2 Å². The second kappa shape index (κ2) is 8.23. The summed E-state index contributed by atoms with van der Waals surface area (Å²) in [4.78, 5) is 43.6. The van der Waals surface area contributed by atoms with E-state index in [1.165, 1.54) is 24.3 Å². The molecule has 0 radical (unpaired) electrons. The summed E-state index contributed by atoms with van der Waals surface area (Å²) in [5.74, 6) is -3.49. The van der Waals surface area contributed by atoms with E-state index in [0.717, 1.165) is 0 Å². The Balaban J connectivity index is 2.22. The number of ether oxygens (including phenoxy) is 1. The van der Waals surface area contributed by atoms with Gasteiger partial charge in [0.25, 0.3) is 0 Å². The molecule has 0 saturated heterocycles. The van der Waals surface area contributed by atoms with Gasteiger partial charge in [0.2, 0.25) is 11.9 Å². The van der Waals surface area contributed by atoms with Crippen LogP contribution in [-0.2, 0) is 9.59 Å². The summed E-state index contributed by atoms with van der Waals surface area (Å²) in [6.07, 6.45) is 0. The number of rotatable bonds is 9. The van der Waals surface area contributed by atoms with Gasteiger partial charge in [0, 0.05) is 0 Å². The number of aromatic carboxylic acids is 1. The summed E-state index contributed by atoms with van der Waals surface area (Å²) in [7, 11) is 0. The predicted molar refractivity (Wildman–Crippen MR) is 85.6 cm³/mol. The Morgan fingerprint density at radius 3 is 1.77 bits per heavy atom. The van der Waals surface area contributed by atoms with Gasteiger partial charge in [0.1, 0.15) is 18.8 Å².